The van der Waals surface area contributed by atoms with Crippen LogP contribution in [-0.2, 0) is 0 Å². The number of hydrogen-bond acceptors (Lipinski definition) is 2. The highest BCUT2D eigenvalue weighted by Crippen LogP contribution is 2.20. The van der Waals surface area contributed by atoms with Crippen LogP contribution in [0.4, 0.5) is 0 Å². The molecule has 2 nitrogen and oxygen atoms in total. The Bertz CT molecular complexity index is 276. The third kappa shape index (κ3) is 3.55. The average molecular weight is 304 g/mol. The molecule has 0 bridgehead atoms. The van der Waals surface area contributed by atoms with Gasteiger partial charge in [0, 0.05) is 9.61 Å². The van der Waals surface area contributed by atoms with Crippen LogP contribution in [0.2, 0.25) is 0 Å². The maximum atomic E-state index is 5.54. The smallest absolute Gasteiger partial charge is 0.0460 e. The minimum absolute atomic E-state index is 0.296. The molecule has 78 valence electrons. The van der Waals surface area contributed by atoms with Gasteiger partial charge in [0.1, 0.15) is 0 Å². The molecular weight excluding hydrogens is 287 g/mol. The monoisotopic (exact) mass is 304 g/mol. The van der Waals surface area contributed by atoms with Gasteiger partial charge in [0.15, 0.2) is 0 Å². The number of nitrogens with two attached hydrogens (primary N) is 1. The minimum Gasteiger partial charge on any atom is -0.271 e. The zero-order valence-corrected chi connectivity index (χ0v) is 10.6. The van der Waals surface area contributed by atoms with Crippen LogP contribution in [0, 0.1) is 3.57 Å². The molecule has 1 aromatic carbocycles. The van der Waals surface area contributed by atoms with Crippen molar-refractivity contribution >= 4 is 22.6 Å². The standard InChI is InChI=1S/C11H17IN2/c1-2-3-7-11(14-13)9-5-4-6-10(12)8-9/h4-6,8,11,14H,2-3,7,13H2,1H3. The van der Waals surface area contributed by atoms with E-state index >= 15 is 0 Å². The lowest BCUT2D eigenvalue weighted by Crippen LogP contribution is -2.27. The lowest BCUT2D eigenvalue weighted by atomic mass is 10.0. The summed E-state index contributed by atoms with van der Waals surface area (Å²) in [6.45, 7) is 2.20. The molecule has 1 aromatic rings. The molecule has 14 heavy (non-hydrogen) atoms. The van der Waals surface area contributed by atoms with Gasteiger partial charge in [0.25, 0.3) is 0 Å². The van der Waals surface area contributed by atoms with Crippen LogP contribution in [0.1, 0.15) is 37.8 Å². The number of nitrogens with one attached hydrogen (secondary N) is 1. The molecule has 0 aliphatic heterocycles. The molecule has 0 aromatic heterocycles. The lowest BCUT2D eigenvalue weighted by molar-refractivity contribution is 0.495. The van der Waals surface area contributed by atoms with E-state index in [0.29, 0.717) is 6.04 Å². The number of benzene rings is 1. The number of halogens is 1. The molecule has 0 heterocycles. The van der Waals surface area contributed by atoms with Crippen molar-refractivity contribution in [3.63, 3.8) is 0 Å². The van der Waals surface area contributed by atoms with Crippen molar-refractivity contribution < 1.29 is 0 Å². The Kier molecular flexibility index (Phi) is 5.44. The molecule has 1 atom stereocenters. The van der Waals surface area contributed by atoms with E-state index in [0.717, 1.165) is 6.42 Å². The van der Waals surface area contributed by atoms with E-state index in [4.69, 9.17) is 5.84 Å². The summed E-state index contributed by atoms with van der Waals surface area (Å²) in [5, 5.41) is 0. The quantitative estimate of drug-likeness (QED) is 0.498. The Labute approximate surface area is 99.4 Å². The van der Waals surface area contributed by atoms with Crippen molar-refractivity contribution in [2.75, 3.05) is 0 Å². The van der Waals surface area contributed by atoms with Gasteiger partial charge in [0.2, 0.25) is 0 Å². The molecule has 0 fully saturated rings. The highest BCUT2D eigenvalue weighted by atomic mass is 127. The molecule has 0 radical (unpaired) electrons. The number of unbranched alkanes of at least 4 members (excludes halogenated alkanes) is 1. The maximum absolute atomic E-state index is 5.54. The molecule has 1 rings (SSSR count). The van der Waals surface area contributed by atoms with E-state index in [1.165, 1.54) is 22.0 Å². The molecule has 0 saturated heterocycles. The van der Waals surface area contributed by atoms with Crippen LogP contribution >= 0.6 is 22.6 Å². The van der Waals surface area contributed by atoms with Crippen molar-refractivity contribution in [2.24, 2.45) is 5.84 Å². The Morgan fingerprint density at radius 2 is 2.29 bits per heavy atom. The first-order valence-corrected chi connectivity index (χ1v) is 6.07. The van der Waals surface area contributed by atoms with Crippen LogP contribution in [0.5, 0.6) is 0 Å². The van der Waals surface area contributed by atoms with E-state index in [2.05, 4.69) is 59.2 Å². The Morgan fingerprint density at radius 1 is 1.50 bits per heavy atom. The van der Waals surface area contributed by atoms with Crippen LogP contribution in [0.15, 0.2) is 24.3 Å². The van der Waals surface area contributed by atoms with Gasteiger partial charge in [-0.2, -0.15) is 0 Å². The van der Waals surface area contributed by atoms with Crippen molar-refractivity contribution in [2.45, 2.75) is 32.2 Å². The third-order valence-electron chi connectivity index (χ3n) is 2.30. The number of hydrazine groups is 1. The van der Waals surface area contributed by atoms with Crippen molar-refractivity contribution in [1.82, 2.24) is 5.43 Å². The molecular formula is C11H17IN2. The predicted molar refractivity (Wildman–Crippen MR) is 68.7 cm³/mol. The van der Waals surface area contributed by atoms with Crippen molar-refractivity contribution in [3.05, 3.63) is 33.4 Å². The normalized spacial score (nSPS) is 12.8. The first-order valence-electron chi connectivity index (χ1n) is 4.99. The van der Waals surface area contributed by atoms with Crippen LogP contribution in [0.3, 0.4) is 0 Å². The summed E-state index contributed by atoms with van der Waals surface area (Å²) in [6.07, 6.45) is 3.52. The summed E-state index contributed by atoms with van der Waals surface area (Å²) in [5.74, 6) is 5.54. The fourth-order valence-electron chi connectivity index (χ4n) is 1.48. The molecule has 3 N–H and O–H groups in total. The molecule has 0 aliphatic rings. The highest BCUT2D eigenvalue weighted by Gasteiger charge is 2.08. The van der Waals surface area contributed by atoms with Crippen LogP contribution in [-0.4, -0.2) is 0 Å². The van der Waals surface area contributed by atoms with Gasteiger partial charge in [0.05, 0.1) is 0 Å². The minimum atomic E-state index is 0.296. The maximum Gasteiger partial charge on any atom is 0.0460 e. The summed E-state index contributed by atoms with van der Waals surface area (Å²) in [5.41, 5.74) is 4.16. The van der Waals surface area contributed by atoms with Gasteiger partial charge in [-0.05, 0) is 46.7 Å². The summed E-state index contributed by atoms with van der Waals surface area (Å²) >= 11 is 2.32. The first kappa shape index (κ1) is 11.9. The van der Waals surface area contributed by atoms with E-state index in [1.54, 1.807) is 0 Å². The van der Waals surface area contributed by atoms with Crippen molar-refractivity contribution in [1.29, 1.82) is 0 Å². The summed E-state index contributed by atoms with van der Waals surface area (Å²) in [7, 11) is 0. The molecule has 0 saturated carbocycles. The van der Waals surface area contributed by atoms with Crippen LogP contribution < -0.4 is 11.3 Å². The predicted octanol–water partition coefficient (Wildman–Crippen LogP) is 2.99. The zero-order chi connectivity index (χ0) is 10.4. The van der Waals surface area contributed by atoms with Crippen LogP contribution in [0.25, 0.3) is 0 Å². The van der Waals surface area contributed by atoms with Gasteiger partial charge in [-0.3, -0.25) is 11.3 Å². The van der Waals surface area contributed by atoms with Gasteiger partial charge in [-0.25, -0.2) is 0 Å². The second-order valence-corrected chi connectivity index (χ2v) is 4.66. The fourth-order valence-corrected chi connectivity index (χ4v) is 2.05. The van der Waals surface area contributed by atoms with Gasteiger partial charge >= 0.3 is 0 Å². The lowest BCUT2D eigenvalue weighted by Gasteiger charge is -2.15. The van der Waals surface area contributed by atoms with Gasteiger partial charge in [-0.1, -0.05) is 31.9 Å². The van der Waals surface area contributed by atoms with Gasteiger partial charge < -0.3 is 0 Å². The second-order valence-electron chi connectivity index (χ2n) is 3.42. The average Bonchev–Trinajstić information content (AvgIpc) is 2.19. The fraction of sp³-hybridized carbons (Fsp3) is 0.455. The number of hydrogen-bond donors (Lipinski definition) is 2. The topological polar surface area (TPSA) is 38.0 Å². The Balaban J connectivity index is 2.68. The molecule has 0 aliphatic carbocycles. The molecule has 0 amide bonds. The van der Waals surface area contributed by atoms with E-state index < -0.39 is 0 Å². The zero-order valence-electron chi connectivity index (χ0n) is 8.46. The summed E-state index contributed by atoms with van der Waals surface area (Å²) in [4.78, 5) is 0. The first-order chi connectivity index (χ1) is 6.77. The second kappa shape index (κ2) is 6.37. The largest absolute Gasteiger partial charge is 0.271 e. The van der Waals surface area contributed by atoms with Gasteiger partial charge in [-0.15, -0.1) is 0 Å². The van der Waals surface area contributed by atoms with E-state index in [1.807, 2.05) is 0 Å². The van der Waals surface area contributed by atoms with Crippen molar-refractivity contribution in [3.8, 4) is 0 Å². The molecule has 0 spiro atoms. The Hall–Kier alpha value is -0.130. The van der Waals surface area contributed by atoms with E-state index in [-0.39, 0.29) is 0 Å². The highest BCUT2D eigenvalue weighted by molar-refractivity contribution is 14.1. The SMILES string of the molecule is CCCCC(NN)c1cccc(I)c1. The van der Waals surface area contributed by atoms with E-state index in [9.17, 15) is 0 Å². The summed E-state index contributed by atoms with van der Waals surface area (Å²) < 4.78 is 1.26. The summed E-state index contributed by atoms with van der Waals surface area (Å²) in [6, 6.07) is 8.78. The third-order valence-corrected chi connectivity index (χ3v) is 2.97. The molecule has 1 unspecified atom stereocenters. The molecule has 3 heteroatoms. The Morgan fingerprint density at radius 3 is 2.86 bits per heavy atom. The number of rotatable bonds is 5.